The van der Waals surface area contributed by atoms with Crippen LogP contribution in [0.3, 0.4) is 0 Å². The molecule has 1 saturated heterocycles. The first-order chi connectivity index (χ1) is 5.23. The summed E-state index contributed by atoms with van der Waals surface area (Å²) in [5.74, 6) is 0. The Balaban J connectivity index is 2.12. The number of rotatable bonds is 5. The molecule has 1 rings (SSSR count). The number of aliphatic hydroxyl groups excluding tert-OH is 1. The summed E-state index contributed by atoms with van der Waals surface area (Å²) >= 11 is 0. The zero-order chi connectivity index (χ0) is 8.32. The smallest absolute Gasteiger partial charge is 0.110 e. The SMILES string of the molecule is C=CCCCC1(C)OC1CO. The topological polar surface area (TPSA) is 32.8 Å². The van der Waals surface area contributed by atoms with E-state index in [1.165, 1.54) is 0 Å². The van der Waals surface area contributed by atoms with E-state index >= 15 is 0 Å². The Hall–Kier alpha value is -0.340. The molecule has 11 heavy (non-hydrogen) atoms. The van der Waals surface area contributed by atoms with Crippen LogP contribution in [0.2, 0.25) is 0 Å². The normalized spacial score (nSPS) is 35.3. The number of hydrogen-bond acceptors (Lipinski definition) is 2. The standard InChI is InChI=1S/C9H16O2/c1-3-4-5-6-9(2)8(7-10)11-9/h3,8,10H,1,4-7H2,2H3. The third-order valence-corrected chi connectivity index (χ3v) is 2.28. The van der Waals surface area contributed by atoms with Crippen LogP contribution in [-0.2, 0) is 4.74 Å². The lowest BCUT2D eigenvalue weighted by Crippen LogP contribution is -2.11. The van der Waals surface area contributed by atoms with Gasteiger partial charge in [-0.2, -0.15) is 0 Å². The van der Waals surface area contributed by atoms with E-state index < -0.39 is 0 Å². The summed E-state index contributed by atoms with van der Waals surface area (Å²) < 4.78 is 5.32. The van der Waals surface area contributed by atoms with E-state index in [9.17, 15) is 0 Å². The lowest BCUT2D eigenvalue weighted by Gasteiger charge is -2.02. The van der Waals surface area contributed by atoms with Crippen LogP contribution in [-0.4, -0.2) is 23.4 Å². The molecule has 1 fully saturated rings. The Morgan fingerprint density at radius 1 is 1.73 bits per heavy atom. The molecule has 0 aromatic heterocycles. The number of epoxide rings is 1. The average molecular weight is 156 g/mol. The lowest BCUT2D eigenvalue weighted by atomic mass is 10.0. The number of allylic oxidation sites excluding steroid dienone is 1. The Morgan fingerprint density at radius 3 is 2.91 bits per heavy atom. The van der Waals surface area contributed by atoms with Crippen molar-refractivity contribution in [2.75, 3.05) is 6.61 Å². The first-order valence-electron chi connectivity index (χ1n) is 4.12. The van der Waals surface area contributed by atoms with Crippen LogP contribution < -0.4 is 0 Å². The summed E-state index contributed by atoms with van der Waals surface area (Å²) in [5, 5.41) is 8.75. The third kappa shape index (κ3) is 2.04. The first-order valence-corrected chi connectivity index (χ1v) is 4.12. The van der Waals surface area contributed by atoms with Gasteiger partial charge in [0.15, 0.2) is 0 Å². The second-order valence-corrected chi connectivity index (χ2v) is 3.28. The maximum atomic E-state index is 8.75. The molecule has 2 heteroatoms. The molecule has 0 aromatic carbocycles. The predicted molar refractivity (Wildman–Crippen MR) is 44.4 cm³/mol. The summed E-state index contributed by atoms with van der Waals surface area (Å²) in [6, 6.07) is 0. The van der Waals surface area contributed by atoms with Crippen molar-refractivity contribution in [3.63, 3.8) is 0 Å². The van der Waals surface area contributed by atoms with Gasteiger partial charge in [0, 0.05) is 0 Å². The van der Waals surface area contributed by atoms with Gasteiger partial charge in [-0.15, -0.1) is 6.58 Å². The van der Waals surface area contributed by atoms with Gasteiger partial charge in [0.1, 0.15) is 6.10 Å². The van der Waals surface area contributed by atoms with E-state index in [1.54, 1.807) is 0 Å². The highest BCUT2D eigenvalue weighted by molar-refractivity contribution is 4.98. The maximum absolute atomic E-state index is 8.75. The monoisotopic (exact) mass is 156 g/mol. The van der Waals surface area contributed by atoms with Crippen LogP contribution in [0.5, 0.6) is 0 Å². The molecule has 0 amide bonds. The van der Waals surface area contributed by atoms with E-state index in [2.05, 4.69) is 13.5 Å². The third-order valence-electron chi connectivity index (χ3n) is 2.28. The van der Waals surface area contributed by atoms with E-state index in [0.717, 1.165) is 19.3 Å². The minimum absolute atomic E-state index is 0.0300. The molecular formula is C9H16O2. The van der Waals surface area contributed by atoms with Crippen LogP contribution >= 0.6 is 0 Å². The zero-order valence-electron chi connectivity index (χ0n) is 7.05. The van der Waals surface area contributed by atoms with Gasteiger partial charge in [0.05, 0.1) is 12.2 Å². The quantitative estimate of drug-likeness (QED) is 0.371. The van der Waals surface area contributed by atoms with Gasteiger partial charge >= 0.3 is 0 Å². The van der Waals surface area contributed by atoms with Gasteiger partial charge in [0.25, 0.3) is 0 Å². The van der Waals surface area contributed by atoms with Crippen molar-refractivity contribution >= 4 is 0 Å². The molecule has 0 spiro atoms. The summed E-state index contributed by atoms with van der Waals surface area (Å²) in [7, 11) is 0. The highest BCUT2D eigenvalue weighted by Crippen LogP contribution is 2.39. The minimum atomic E-state index is -0.0300. The Labute approximate surface area is 67.9 Å². The highest BCUT2D eigenvalue weighted by atomic mass is 16.6. The second-order valence-electron chi connectivity index (χ2n) is 3.28. The van der Waals surface area contributed by atoms with Gasteiger partial charge in [-0.1, -0.05) is 6.08 Å². The predicted octanol–water partition coefficient (Wildman–Crippen LogP) is 1.49. The van der Waals surface area contributed by atoms with Crippen molar-refractivity contribution in [1.29, 1.82) is 0 Å². The minimum Gasteiger partial charge on any atom is -0.394 e. The molecule has 1 heterocycles. The molecule has 64 valence electrons. The lowest BCUT2D eigenvalue weighted by molar-refractivity contribution is 0.234. The molecule has 1 aliphatic heterocycles. The largest absolute Gasteiger partial charge is 0.394 e. The van der Waals surface area contributed by atoms with E-state index in [4.69, 9.17) is 9.84 Å². The van der Waals surface area contributed by atoms with Crippen molar-refractivity contribution in [3.05, 3.63) is 12.7 Å². The van der Waals surface area contributed by atoms with Crippen molar-refractivity contribution < 1.29 is 9.84 Å². The Morgan fingerprint density at radius 2 is 2.45 bits per heavy atom. The molecule has 1 N–H and O–H groups in total. The molecule has 0 radical (unpaired) electrons. The molecule has 0 saturated carbocycles. The molecule has 0 bridgehead atoms. The fraction of sp³-hybridized carbons (Fsp3) is 0.778. The first kappa shape index (κ1) is 8.75. The average Bonchev–Trinajstić information content (AvgIpc) is 2.63. The van der Waals surface area contributed by atoms with Crippen molar-refractivity contribution in [1.82, 2.24) is 0 Å². The molecule has 2 atom stereocenters. The number of aliphatic hydroxyl groups is 1. The van der Waals surface area contributed by atoms with Crippen molar-refractivity contribution in [2.45, 2.75) is 37.9 Å². The fourth-order valence-electron chi connectivity index (χ4n) is 1.34. The Bertz CT molecular complexity index is 144. The zero-order valence-corrected chi connectivity index (χ0v) is 7.05. The van der Waals surface area contributed by atoms with E-state index in [0.29, 0.717) is 0 Å². The van der Waals surface area contributed by atoms with Crippen LogP contribution in [0, 0.1) is 0 Å². The van der Waals surface area contributed by atoms with Crippen LogP contribution in [0.1, 0.15) is 26.2 Å². The molecule has 0 aromatic rings. The fourth-order valence-corrected chi connectivity index (χ4v) is 1.34. The molecule has 0 aliphatic carbocycles. The van der Waals surface area contributed by atoms with Crippen molar-refractivity contribution in [2.24, 2.45) is 0 Å². The molecular weight excluding hydrogens is 140 g/mol. The van der Waals surface area contributed by atoms with Gasteiger partial charge in [-0.3, -0.25) is 0 Å². The number of ether oxygens (including phenoxy) is 1. The number of hydrogen-bond donors (Lipinski definition) is 1. The van der Waals surface area contributed by atoms with E-state index in [1.807, 2.05) is 6.08 Å². The second kappa shape index (κ2) is 3.37. The number of unbranched alkanes of at least 4 members (excludes halogenated alkanes) is 1. The van der Waals surface area contributed by atoms with Gasteiger partial charge in [-0.05, 0) is 26.2 Å². The van der Waals surface area contributed by atoms with Gasteiger partial charge in [0.2, 0.25) is 0 Å². The van der Waals surface area contributed by atoms with Gasteiger partial charge in [-0.25, -0.2) is 0 Å². The van der Waals surface area contributed by atoms with E-state index in [-0.39, 0.29) is 18.3 Å². The molecule has 1 aliphatic rings. The van der Waals surface area contributed by atoms with Crippen LogP contribution in [0.4, 0.5) is 0 Å². The molecule has 2 unspecified atom stereocenters. The summed E-state index contributed by atoms with van der Waals surface area (Å²) in [6.07, 6.45) is 5.18. The summed E-state index contributed by atoms with van der Waals surface area (Å²) in [4.78, 5) is 0. The maximum Gasteiger partial charge on any atom is 0.110 e. The van der Waals surface area contributed by atoms with Crippen LogP contribution in [0.25, 0.3) is 0 Å². The van der Waals surface area contributed by atoms with Gasteiger partial charge < -0.3 is 9.84 Å². The summed E-state index contributed by atoms with van der Waals surface area (Å²) in [6.45, 7) is 5.86. The molecule has 2 nitrogen and oxygen atoms in total. The Kier molecular flexibility index (Phi) is 2.68. The highest BCUT2D eigenvalue weighted by Gasteiger charge is 2.50. The summed E-state index contributed by atoms with van der Waals surface area (Å²) in [5.41, 5.74) is -0.0300. The van der Waals surface area contributed by atoms with Crippen LogP contribution in [0.15, 0.2) is 12.7 Å². The van der Waals surface area contributed by atoms with Crippen molar-refractivity contribution in [3.8, 4) is 0 Å².